The van der Waals surface area contributed by atoms with E-state index in [0.29, 0.717) is 28.0 Å². The molecule has 2 aromatic carbocycles. The lowest BCUT2D eigenvalue weighted by Crippen LogP contribution is -2.17. The van der Waals surface area contributed by atoms with E-state index in [-0.39, 0.29) is 29.6 Å². The molecule has 12 heteroatoms. The van der Waals surface area contributed by atoms with Gasteiger partial charge < -0.3 is 27.1 Å². The fourth-order valence-corrected chi connectivity index (χ4v) is 4.39. The first kappa shape index (κ1) is 24.0. The van der Waals surface area contributed by atoms with Crippen LogP contribution in [0.1, 0.15) is 25.3 Å². The van der Waals surface area contributed by atoms with Crippen LogP contribution in [0, 0.1) is 0 Å². The zero-order valence-electron chi connectivity index (χ0n) is 20.4. The summed E-state index contributed by atoms with van der Waals surface area (Å²) in [4.78, 5) is 34.0. The molecule has 1 aliphatic rings. The average Bonchev–Trinajstić information content (AvgIpc) is 3.53. The van der Waals surface area contributed by atoms with E-state index in [2.05, 4.69) is 35.7 Å². The molecule has 190 valence electrons. The maximum atomic E-state index is 12.7. The highest BCUT2D eigenvalue weighted by molar-refractivity contribution is 5.94. The van der Waals surface area contributed by atoms with E-state index in [1.807, 2.05) is 24.3 Å². The molecule has 3 heterocycles. The van der Waals surface area contributed by atoms with Crippen LogP contribution in [0.2, 0.25) is 0 Å². The Morgan fingerprint density at radius 2 is 1.78 bits per heavy atom. The van der Waals surface area contributed by atoms with Crippen LogP contribution in [-0.4, -0.2) is 33.6 Å². The standard InChI is InChI=1S/C25H28N10O2/c1-15(36)28-20-9-6-18(33-32-17-4-7-19(8-5-17)34-10-2-3-11-34)12-21(20)29-25-30-23-22(24(37)31-25)16(13-26)14-35(23)27/h4-9,12,14H,2-3,10-11,13,26-27H2,1H3,(H,28,36)(H2,29,30,31,37)/b33-32+. The van der Waals surface area contributed by atoms with Crippen molar-refractivity contribution in [1.82, 2.24) is 14.6 Å². The predicted octanol–water partition coefficient (Wildman–Crippen LogP) is 3.61. The largest absolute Gasteiger partial charge is 0.372 e. The van der Waals surface area contributed by atoms with Crippen molar-refractivity contribution in [2.24, 2.45) is 16.0 Å². The first-order valence-corrected chi connectivity index (χ1v) is 12.0. The summed E-state index contributed by atoms with van der Waals surface area (Å²) in [5, 5.41) is 14.8. The number of aromatic amines is 1. The maximum Gasteiger partial charge on any atom is 0.262 e. The van der Waals surface area contributed by atoms with Crippen molar-refractivity contribution in [2.45, 2.75) is 26.3 Å². The van der Waals surface area contributed by atoms with Gasteiger partial charge in [-0.25, -0.2) is 0 Å². The van der Waals surface area contributed by atoms with E-state index in [9.17, 15) is 9.59 Å². The smallest absolute Gasteiger partial charge is 0.262 e. The number of nitrogens with one attached hydrogen (secondary N) is 3. The summed E-state index contributed by atoms with van der Waals surface area (Å²) in [5.41, 5.74) is 9.60. The summed E-state index contributed by atoms with van der Waals surface area (Å²) in [6, 6.07) is 13.1. The first-order valence-electron chi connectivity index (χ1n) is 12.0. The summed E-state index contributed by atoms with van der Waals surface area (Å²) in [6.07, 6.45) is 4.01. The summed E-state index contributed by atoms with van der Waals surface area (Å²) < 4.78 is 1.26. The Morgan fingerprint density at radius 1 is 1.08 bits per heavy atom. The average molecular weight is 501 g/mol. The minimum absolute atomic E-state index is 0.143. The number of amides is 1. The lowest BCUT2D eigenvalue weighted by molar-refractivity contribution is -0.114. The SMILES string of the molecule is CC(=O)Nc1ccc(/N=N/c2ccc(N3CCCC3)cc2)cc1Nc1nc2c(c(CN)cn2N)c(=O)[nH]1. The van der Waals surface area contributed by atoms with Crippen molar-refractivity contribution < 1.29 is 4.79 Å². The second-order valence-corrected chi connectivity index (χ2v) is 8.83. The lowest BCUT2D eigenvalue weighted by atomic mass is 10.2. The molecule has 37 heavy (non-hydrogen) atoms. The van der Waals surface area contributed by atoms with Gasteiger partial charge in [0.1, 0.15) is 0 Å². The molecule has 2 aromatic heterocycles. The van der Waals surface area contributed by atoms with Gasteiger partial charge in [-0.2, -0.15) is 15.2 Å². The third-order valence-corrected chi connectivity index (χ3v) is 6.15. The van der Waals surface area contributed by atoms with Crippen molar-refractivity contribution in [1.29, 1.82) is 0 Å². The molecule has 0 bridgehead atoms. The highest BCUT2D eigenvalue weighted by Gasteiger charge is 2.15. The zero-order chi connectivity index (χ0) is 25.9. The van der Waals surface area contributed by atoms with Crippen molar-refractivity contribution in [2.75, 3.05) is 34.5 Å². The number of anilines is 4. The van der Waals surface area contributed by atoms with E-state index in [1.54, 1.807) is 24.4 Å². The van der Waals surface area contributed by atoms with Crippen molar-refractivity contribution in [3.63, 3.8) is 0 Å². The van der Waals surface area contributed by atoms with Crippen molar-refractivity contribution in [3.8, 4) is 0 Å². The van der Waals surface area contributed by atoms with Crippen LogP contribution in [-0.2, 0) is 11.3 Å². The quantitative estimate of drug-likeness (QED) is 0.190. The molecule has 4 aromatic rings. The number of rotatable bonds is 7. The molecular weight excluding hydrogens is 472 g/mol. The summed E-state index contributed by atoms with van der Waals surface area (Å²) in [6.45, 7) is 3.72. The van der Waals surface area contributed by atoms with Gasteiger partial charge in [0, 0.05) is 44.0 Å². The minimum Gasteiger partial charge on any atom is -0.372 e. The van der Waals surface area contributed by atoms with Gasteiger partial charge in [0.25, 0.3) is 5.56 Å². The topological polar surface area (TPSA) is 172 Å². The number of azo groups is 1. The third kappa shape index (κ3) is 5.14. The number of carbonyl (C=O) groups is 1. The van der Waals surface area contributed by atoms with Gasteiger partial charge in [0.05, 0.1) is 28.1 Å². The number of nitrogen functional groups attached to an aromatic ring is 1. The summed E-state index contributed by atoms with van der Waals surface area (Å²) >= 11 is 0. The number of carbonyl (C=O) groups excluding carboxylic acids is 1. The number of nitrogens with zero attached hydrogens (tertiary/aromatic N) is 5. The number of aromatic nitrogens is 3. The van der Waals surface area contributed by atoms with Gasteiger partial charge in [-0.15, -0.1) is 0 Å². The van der Waals surface area contributed by atoms with Crippen LogP contribution < -0.4 is 32.7 Å². The fraction of sp³-hybridized carbons (Fsp3) is 0.240. The van der Waals surface area contributed by atoms with Gasteiger partial charge in [-0.05, 0) is 55.3 Å². The molecule has 0 saturated carbocycles. The van der Waals surface area contributed by atoms with E-state index in [0.717, 1.165) is 18.8 Å². The highest BCUT2D eigenvalue weighted by Crippen LogP contribution is 2.31. The number of H-pyrrole nitrogens is 1. The molecule has 0 unspecified atom stereocenters. The second-order valence-electron chi connectivity index (χ2n) is 8.83. The number of fused-ring (bicyclic) bond motifs is 1. The molecule has 0 atom stereocenters. The van der Waals surface area contributed by atoms with Crippen LogP contribution in [0.3, 0.4) is 0 Å². The zero-order valence-corrected chi connectivity index (χ0v) is 20.4. The van der Waals surface area contributed by atoms with Gasteiger partial charge in [-0.3, -0.25) is 19.2 Å². The maximum absolute atomic E-state index is 12.7. The normalized spacial score (nSPS) is 13.5. The molecule has 5 rings (SSSR count). The van der Waals surface area contributed by atoms with E-state index in [4.69, 9.17) is 11.6 Å². The van der Waals surface area contributed by atoms with Crippen molar-refractivity contribution in [3.05, 3.63) is 64.6 Å². The first-order chi connectivity index (χ1) is 17.9. The Morgan fingerprint density at radius 3 is 2.49 bits per heavy atom. The number of nitrogens with two attached hydrogens (primary N) is 2. The molecule has 1 amide bonds. The van der Waals surface area contributed by atoms with Gasteiger partial charge >= 0.3 is 0 Å². The van der Waals surface area contributed by atoms with Gasteiger partial charge in [0.15, 0.2) is 5.65 Å². The Kier molecular flexibility index (Phi) is 6.56. The van der Waals surface area contributed by atoms with Gasteiger partial charge in [0.2, 0.25) is 11.9 Å². The fourth-order valence-electron chi connectivity index (χ4n) is 4.39. The molecule has 0 radical (unpaired) electrons. The van der Waals surface area contributed by atoms with Crippen LogP contribution in [0.25, 0.3) is 11.0 Å². The van der Waals surface area contributed by atoms with Crippen LogP contribution in [0.4, 0.5) is 34.4 Å². The Bertz CT molecular complexity index is 1530. The van der Waals surface area contributed by atoms with Crippen LogP contribution >= 0.6 is 0 Å². The van der Waals surface area contributed by atoms with E-state index in [1.165, 1.54) is 30.1 Å². The number of hydrogen-bond donors (Lipinski definition) is 5. The molecule has 1 aliphatic heterocycles. The molecule has 1 saturated heterocycles. The molecule has 1 fully saturated rings. The Balaban J connectivity index is 1.42. The van der Waals surface area contributed by atoms with E-state index >= 15 is 0 Å². The van der Waals surface area contributed by atoms with Gasteiger partial charge in [-0.1, -0.05) is 0 Å². The second kappa shape index (κ2) is 10.1. The van der Waals surface area contributed by atoms with Crippen LogP contribution in [0.15, 0.2) is 63.7 Å². The third-order valence-electron chi connectivity index (χ3n) is 6.15. The van der Waals surface area contributed by atoms with E-state index < -0.39 is 0 Å². The summed E-state index contributed by atoms with van der Waals surface area (Å²) in [7, 11) is 0. The Labute approximate surface area is 212 Å². The molecular formula is C25H28N10O2. The highest BCUT2D eigenvalue weighted by atomic mass is 16.1. The lowest BCUT2D eigenvalue weighted by Gasteiger charge is -2.17. The molecule has 0 spiro atoms. The minimum atomic E-state index is -0.383. The molecule has 0 aliphatic carbocycles. The van der Waals surface area contributed by atoms with Crippen molar-refractivity contribution >= 4 is 51.3 Å². The number of benzene rings is 2. The molecule has 12 nitrogen and oxygen atoms in total. The molecule has 7 N–H and O–H groups in total. The summed E-state index contributed by atoms with van der Waals surface area (Å²) in [5.74, 6) is 5.86. The predicted molar refractivity (Wildman–Crippen MR) is 144 cm³/mol. The van der Waals surface area contributed by atoms with Crippen LogP contribution in [0.5, 0.6) is 0 Å². The monoisotopic (exact) mass is 500 g/mol. The number of hydrogen-bond acceptors (Lipinski definition) is 9. The Hall–Kier alpha value is -4.71.